The highest BCUT2D eigenvalue weighted by Crippen LogP contribution is 2.18. The van der Waals surface area contributed by atoms with Gasteiger partial charge in [-0.2, -0.15) is 0 Å². The molecule has 0 aromatic heterocycles. The summed E-state index contributed by atoms with van der Waals surface area (Å²) >= 11 is 0. The van der Waals surface area contributed by atoms with Gasteiger partial charge in [0.25, 0.3) is 0 Å². The Morgan fingerprint density at radius 1 is 1.23 bits per heavy atom. The summed E-state index contributed by atoms with van der Waals surface area (Å²) in [6.45, 7) is 12.6. The van der Waals surface area contributed by atoms with Crippen molar-refractivity contribution in [2.45, 2.75) is 58.7 Å². The van der Waals surface area contributed by atoms with Crippen LogP contribution >= 0.6 is 24.0 Å². The quantitative estimate of drug-likeness (QED) is 0.357. The van der Waals surface area contributed by atoms with Gasteiger partial charge in [-0.15, -0.1) is 24.0 Å². The predicted molar refractivity (Wildman–Crippen MR) is 116 cm³/mol. The van der Waals surface area contributed by atoms with Crippen LogP contribution in [0.3, 0.4) is 0 Å². The Hall–Kier alpha value is -0.770. The molecule has 26 heavy (non-hydrogen) atoms. The fourth-order valence-electron chi connectivity index (χ4n) is 2.55. The Bertz CT molecular complexity index is 464. The average molecular weight is 484 g/mol. The fraction of sp³-hybridized carbons (Fsp3) is 0.889. The van der Waals surface area contributed by atoms with Gasteiger partial charge in [0.15, 0.2) is 5.96 Å². The van der Waals surface area contributed by atoms with E-state index in [1.54, 1.807) is 14.2 Å². The molecule has 2 N–H and O–H groups in total. The molecule has 1 heterocycles. The number of nitrogens with zero attached hydrogens (tertiary/aromatic N) is 2. The molecule has 7 nitrogen and oxygen atoms in total. The highest BCUT2D eigenvalue weighted by Gasteiger charge is 2.27. The number of guanidine groups is 1. The number of amides is 1. The zero-order valence-corrected chi connectivity index (χ0v) is 19.7. The lowest BCUT2D eigenvalue weighted by Gasteiger charge is -2.34. The number of piperidine rings is 1. The number of hydrogen-bond acceptors (Lipinski definition) is 4. The van der Waals surface area contributed by atoms with E-state index in [1.807, 2.05) is 39.5 Å². The molecular weight excluding hydrogens is 447 g/mol. The minimum Gasteiger partial charge on any atom is -0.444 e. The van der Waals surface area contributed by atoms with E-state index in [9.17, 15) is 4.79 Å². The number of nitrogens with one attached hydrogen (secondary N) is 2. The Labute approximate surface area is 175 Å². The Kier molecular flexibility index (Phi) is 10.8. The second kappa shape index (κ2) is 11.2. The van der Waals surface area contributed by atoms with E-state index in [4.69, 9.17) is 9.47 Å². The Balaban J connectivity index is 0.00000625. The summed E-state index contributed by atoms with van der Waals surface area (Å²) in [4.78, 5) is 18.3. The lowest BCUT2D eigenvalue weighted by molar-refractivity contribution is 0.0167. The van der Waals surface area contributed by atoms with E-state index in [0.29, 0.717) is 19.0 Å². The normalized spacial score (nSPS) is 18.8. The van der Waals surface area contributed by atoms with Crippen LogP contribution in [0.1, 0.15) is 47.5 Å². The molecule has 1 fully saturated rings. The maximum absolute atomic E-state index is 12.2. The molecule has 8 heteroatoms. The van der Waals surface area contributed by atoms with Crippen molar-refractivity contribution in [2.24, 2.45) is 10.9 Å². The summed E-state index contributed by atoms with van der Waals surface area (Å²) in [6.07, 6.45) is 1.86. The first-order valence-corrected chi connectivity index (χ1v) is 9.04. The van der Waals surface area contributed by atoms with E-state index in [-0.39, 0.29) is 35.7 Å². The largest absolute Gasteiger partial charge is 0.444 e. The van der Waals surface area contributed by atoms with Gasteiger partial charge in [-0.3, -0.25) is 4.99 Å². The number of halogens is 1. The van der Waals surface area contributed by atoms with Gasteiger partial charge in [-0.05, 0) is 53.4 Å². The molecule has 0 aromatic carbocycles. The first kappa shape index (κ1) is 25.2. The van der Waals surface area contributed by atoms with Crippen LogP contribution in [0.5, 0.6) is 0 Å². The van der Waals surface area contributed by atoms with E-state index in [1.165, 1.54) is 0 Å². The summed E-state index contributed by atoms with van der Waals surface area (Å²) in [6, 6.07) is 0. The van der Waals surface area contributed by atoms with Crippen molar-refractivity contribution in [2.75, 3.05) is 40.3 Å². The third kappa shape index (κ3) is 9.80. The van der Waals surface area contributed by atoms with Crippen molar-refractivity contribution < 1.29 is 14.3 Å². The van der Waals surface area contributed by atoms with Crippen molar-refractivity contribution in [3.8, 4) is 0 Å². The van der Waals surface area contributed by atoms with E-state index in [0.717, 1.165) is 31.9 Å². The van der Waals surface area contributed by atoms with Gasteiger partial charge in [0.2, 0.25) is 0 Å². The highest BCUT2D eigenvalue weighted by molar-refractivity contribution is 14.0. The van der Waals surface area contributed by atoms with Gasteiger partial charge in [0.1, 0.15) is 5.60 Å². The smallest absolute Gasteiger partial charge is 0.410 e. The lowest BCUT2D eigenvalue weighted by atomic mass is 9.98. The summed E-state index contributed by atoms with van der Waals surface area (Å²) in [5.74, 6) is 1.13. The molecule has 1 aliphatic rings. The molecule has 0 spiro atoms. The number of carbonyl (C=O) groups excluding carboxylic acids is 1. The van der Waals surface area contributed by atoms with Gasteiger partial charge in [0, 0.05) is 40.3 Å². The molecule has 1 rings (SSSR count). The van der Waals surface area contributed by atoms with Crippen molar-refractivity contribution in [1.29, 1.82) is 0 Å². The number of carbonyl (C=O) groups is 1. The monoisotopic (exact) mass is 484 g/mol. The first-order chi connectivity index (χ1) is 11.6. The van der Waals surface area contributed by atoms with Crippen LogP contribution in [0.25, 0.3) is 0 Å². The molecule has 1 atom stereocenters. The number of ether oxygens (including phenoxy) is 2. The maximum atomic E-state index is 12.2. The van der Waals surface area contributed by atoms with Crippen LogP contribution in [0.4, 0.5) is 4.79 Å². The SMILES string of the molecule is CN=C(NCC1CCCN(C(=O)OC(C)(C)C)C1)NCC(C)(C)OC.I. The third-order valence-corrected chi connectivity index (χ3v) is 4.19. The molecule has 154 valence electrons. The van der Waals surface area contributed by atoms with E-state index in [2.05, 4.69) is 15.6 Å². The first-order valence-electron chi connectivity index (χ1n) is 9.04. The van der Waals surface area contributed by atoms with Gasteiger partial charge < -0.3 is 25.0 Å². The van der Waals surface area contributed by atoms with Crippen LogP contribution in [0.2, 0.25) is 0 Å². The minimum absolute atomic E-state index is 0. The standard InChI is InChI=1S/C18H36N4O3.HI/c1-17(2,3)25-16(23)22-10-8-9-14(12-22)11-20-15(19-6)21-13-18(4,5)24-7;/h14H,8-13H2,1-7H3,(H2,19,20,21);1H. The van der Waals surface area contributed by atoms with Gasteiger partial charge in [-0.25, -0.2) is 4.79 Å². The van der Waals surface area contributed by atoms with Crippen LogP contribution in [-0.4, -0.2) is 68.5 Å². The topological polar surface area (TPSA) is 75.2 Å². The molecule has 0 radical (unpaired) electrons. The van der Waals surface area contributed by atoms with Crippen molar-refractivity contribution in [3.05, 3.63) is 0 Å². The molecule has 1 unspecified atom stereocenters. The van der Waals surface area contributed by atoms with Crippen LogP contribution in [0, 0.1) is 5.92 Å². The minimum atomic E-state index is -0.456. The number of aliphatic imine (C=N–C) groups is 1. The second-order valence-electron chi connectivity index (χ2n) is 8.21. The molecule has 1 aliphatic heterocycles. The number of rotatable bonds is 5. The zero-order chi connectivity index (χ0) is 19.1. The van der Waals surface area contributed by atoms with E-state index >= 15 is 0 Å². The number of likely N-dealkylation sites (tertiary alicyclic amines) is 1. The molecule has 0 aromatic rings. The van der Waals surface area contributed by atoms with Crippen molar-refractivity contribution in [1.82, 2.24) is 15.5 Å². The number of hydrogen-bond donors (Lipinski definition) is 2. The molecular formula is C18H37IN4O3. The average Bonchev–Trinajstić information content (AvgIpc) is 2.53. The summed E-state index contributed by atoms with van der Waals surface area (Å²) < 4.78 is 10.9. The summed E-state index contributed by atoms with van der Waals surface area (Å²) in [7, 11) is 3.45. The van der Waals surface area contributed by atoms with Crippen LogP contribution < -0.4 is 10.6 Å². The Morgan fingerprint density at radius 2 is 1.88 bits per heavy atom. The van der Waals surface area contributed by atoms with Crippen molar-refractivity contribution in [3.63, 3.8) is 0 Å². The summed E-state index contributed by atoms with van der Waals surface area (Å²) in [5, 5.41) is 6.62. The molecule has 0 bridgehead atoms. The second-order valence-corrected chi connectivity index (χ2v) is 8.21. The Morgan fingerprint density at radius 3 is 2.42 bits per heavy atom. The lowest BCUT2D eigenvalue weighted by Crippen LogP contribution is -2.49. The number of methoxy groups -OCH3 is 1. The van der Waals surface area contributed by atoms with Crippen LogP contribution in [-0.2, 0) is 9.47 Å². The van der Waals surface area contributed by atoms with Gasteiger partial charge >= 0.3 is 6.09 Å². The van der Waals surface area contributed by atoms with Crippen LogP contribution in [0.15, 0.2) is 4.99 Å². The maximum Gasteiger partial charge on any atom is 0.410 e. The van der Waals surface area contributed by atoms with Gasteiger partial charge in [-0.1, -0.05) is 0 Å². The zero-order valence-electron chi connectivity index (χ0n) is 17.3. The fourth-order valence-corrected chi connectivity index (χ4v) is 2.55. The predicted octanol–water partition coefficient (Wildman–Crippen LogP) is 2.84. The molecule has 1 amide bonds. The van der Waals surface area contributed by atoms with Gasteiger partial charge in [0.05, 0.1) is 5.60 Å². The van der Waals surface area contributed by atoms with Crippen molar-refractivity contribution >= 4 is 36.0 Å². The third-order valence-electron chi connectivity index (χ3n) is 4.19. The molecule has 0 aliphatic carbocycles. The molecule has 0 saturated carbocycles. The highest BCUT2D eigenvalue weighted by atomic mass is 127. The molecule has 1 saturated heterocycles. The summed E-state index contributed by atoms with van der Waals surface area (Å²) in [5.41, 5.74) is -0.710. The van der Waals surface area contributed by atoms with E-state index < -0.39 is 5.60 Å².